The molecule has 0 aliphatic heterocycles. The van der Waals surface area contributed by atoms with E-state index in [0.29, 0.717) is 6.07 Å². The molecule has 0 unspecified atom stereocenters. The van der Waals surface area contributed by atoms with E-state index in [1.54, 1.807) is 4.98 Å². The van der Waals surface area contributed by atoms with Crippen molar-refractivity contribution >= 4 is 12.0 Å². The van der Waals surface area contributed by atoms with Crippen LogP contribution in [0, 0.1) is 10.1 Å². The fourth-order valence-electron chi connectivity index (χ4n) is 0.974. The van der Waals surface area contributed by atoms with E-state index in [0.717, 1.165) is 0 Å². The van der Waals surface area contributed by atoms with E-state index in [-0.39, 0.29) is 6.29 Å². The number of rotatable bonds is 3. The van der Waals surface area contributed by atoms with Crippen molar-refractivity contribution in [2.45, 2.75) is 6.36 Å². The molecule has 0 spiro atoms. The Labute approximate surface area is 90.0 Å². The van der Waals surface area contributed by atoms with E-state index in [2.05, 4.69) is 4.74 Å². The van der Waals surface area contributed by atoms with Gasteiger partial charge >= 0.3 is 12.0 Å². The van der Waals surface area contributed by atoms with Crippen LogP contribution in [0.1, 0.15) is 10.5 Å². The van der Waals surface area contributed by atoms with Crippen molar-refractivity contribution in [3.05, 3.63) is 32.1 Å². The van der Waals surface area contributed by atoms with Crippen LogP contribution in [0.4, 0.5) is 18.9 Å². The Morgan fingerprint density at radius 2 is 2.06 bits per heavy atom. The summed E-state index contributed by atoms with van der Waals surface area (Å²) in [6.45, 7) is 0. The zero-order valence-corrected chi connectivity index (χ0v) is 7.78. The fraction of sp³-hybridized carbons (Fsp3) is 0.143. The lowest BCUT2D eigenvalue weighted by Gasteiger charge is -2.08. The summed E-state index contributed by atoms with van der Waals surface area (Å²) in [7, 11) is 0. The second-order valence-electron chi connectivity index (χ2n) is 2.69. The second-order valence-corrected chi connectivity index (χ2v) is 2.69. The first kappa shape index (κ1) is 12.7. The highest BCUT2D eigenvalue weighted by molar-refractivity contribution is 5.72. The van der Waals surface area contributed by atoms with Crippen molar-refractivity contribution in [2.24, 2.45) is 0 Å². The van der Waals surface area contributed by atoms with Crippen LogP contribution in [0.5, 0.6) is 5.88 Å². The Bertz CT molecular complexity index is 521. The van der Waals surface area contributed by atoms with Crippen molar-refractivity contribution in [2.75, 3.05) is 0 Å². The molecule has 92 valence electrons. The van der Waals surface area contributed by atoms with Gasteiger partial charge in [0.2, 0.25) is 0 Å². The Hall–Kier alpha value is -2.39. The number of hydrogen-bond donors (Lipinski definition) is 1. The number of halogens is 3. The third-order valence-electron chi connectivity index (χ3n) is 1.52. The molecule has 1 N–H and O–H groups in total. The first-order valence-corrected chi connectivity index (χ1v) is 3.87. The summed E-state index contributed by atoms with van der Waals surface area (Å²) in [5.41, 5.74) is -3.36. The lowest BCUT2D eigenvalue weighted by molar-refractivity contribution is -0.390. The van der Waals surface area contributed by atoms with Crippen molar-refractivity contribution < 1.29 is 27.6 Å². The summed E-state index contributed by atoms with van der Waals surface area (Å²) < 4.78 is 39.0. The van der Waals surface area contributed by atoms with Crippen molar-refractivity contribution in [3.63, 3.8) is 0 Å². The smallest absolute Gasteiger partial charge is 0.382 e. The van der Waals surface area contributed by atoms with Crippen LogP contribution in [0.15, 0.2) is 10.9 Å². The number of carbonyl (C=O) groups excluding carboxylic acids is 1. The van der Waals surface area contributed by atoms with E-state index in [1.165, 1.54) is 0 Å². The van der Waals surface area contributed by atoms with Crippen LogP contribution in [0.25, 0.3) is 0 Å². The maximum Gasteiger partial charge on any atom is 0.574 e. The minimum absolute atomic E-state index is 0.0222. The zero-order valence-electron chi connectivity index (χ0n) is 7.78. The van der Waals surface area contributed by atoms with E-state index in [1.807, 2.05) is 0 Å². The van der Waals surface area contributed by atoms with Gasteiger partial charge in [0.25, 0.3) is 11.3 Å². The monoisotopic (exact) mass is 252 g/mol. The molecule has 0 aromatic carbocycles. The number of carbonyl (C=O) groups is 1. The Morgan fingerprint density at radius 3 is 2.47 bits per heavy atom. The molecule has 0 radical (unpaired) electrons. The molecule has 0 saturated carbocycles. The van der Waals surface area contributed by atoms with E-state index in [4.69, 9.17) is 0 Å². The van der Waals surface area contributed by atoms with Gasteiger partial charge in [0, 0.05) is 6.07 Å². The molecule has 0 atom stereocenters. The molecule has 10 heteroatoms. The average Bonchev–Trinajstić information content (AvgIpc) is 2.13. The molecule has 0 saturated heterocycles. The number of nitro groups is 1. The number of pyridine rings is 1. The predicted octanol–water partition coefficient (Wildman–Crippen LogP) is 0.994. The molecule has 7 nitrogen and oxygen atoms in total. The number of aromatic nitrogens is 1. The van der Waals surface area contributed by atoms with E-state index < -0.39 is 34.0 Å². The minimum Gasteiger partial charge on any atom is -0.382 e. The molecule has 0 amide bonds. The molecular weight excluding hydrogens is 249 g/mol. The number of ether oxygens (including phenoxy) is 1. The van der Waals surface area contributed by atoms with Crippen molar-refractivity contribution in [1.29, 1.82) is 0 Å². The average molecular weight is 252 g/mol. The molecule has 0 fully saturated rings. The second kappa shape index (κ2) is 4.23. The largest absolute Gasteiger partial charge is 0.574 e. The van der Waals surface area contributed by atoms with Crippen LogP contribution in [0.3, 0.4) is 0 Å². The topological polar surface area (TPSA) is 102 Å². The van der Waals surface area contributed by atoms with Gasteiger partial charge < -0.3 is 9.72 Å². The van der Waals surface area contributed by atoms with Crippen LogP contribution in [-0.2, 0) is 0 Å². The first-order valence-electron chi connectivity index (χ1n) is 3.87. The number of hydrogen-bond acceptors (Lipinski definition) is 5. The highest BCUT2D eigenvalue weighted by Crippen LogP contribution is 2.26. The number of alkyl halides is 3. The summed E-state index contributed by atoms with van der Waals surface area (Å²) in [6.07, 6.45) is -5.20. The van der Waals surface area contributed by atoms with Gasteiger partial charge in [-0.2, -0.15) is 0 Å². The maximum atomic E-state index is 11.9. The summed E-state index contributed by atoms with van der Waals surface area (Å²) >= 11 is 0. The van der Waals surface area contributed by atoms with Crippen LogP contribution in [0.2, 0.25) is 0 Å². The third-order valence-corrected chi connectivity index (χ3v) is 1.52. The summed E-state index contributed by atoms with van der Waals surface area (Å²) in [6, 6.07) is 0.494. The fourth-order valence-corrected chi connectivity index (χ4v) is 0.974. The summed E-state index contributed by atoms with van der Waals surface area (Å²) in [5, 5.41) is 10.4. The van der Waals surface area contributed by atoms with E-state index in [9.17, 15) is 32.9 Å². The van der Waals surface area contributed by atoms with Gasteiger partial charge in [-0.25, -0.2) is 0 Å². The van der Waals surface area contributed by atoms with Crippen LogP contribution < -0.4 is 10.2 Å². The van der Waals surface area contributed by atoms with Gasteiger partial charge in [-0.3, -0.25) is 19.7 Å². The summed E-state index contributed by atoms with van der Waals surface area (Å²) in [4.78, 5) is 32.1. The number of nitrogens with one attached hydrogen (secondary N) is 1. The quantitative estimate of drug-likeness (QED) is 0.491. The molecule has 1 heterocycles. The van der Waals surface area contributed by atoms with Gasteiger partial charge in [0.05, 0.1) is 10.6 Å². The van der Waals surface area contributed by atoms with Gasteiger partial charge in [0.15, 0.2) is 6.29 Å². The SMILES string of the molecule is O=Cc1cc(=O)c([N+](=O)[O-])c(OC(F)(F)F)[nH]1. The Morgan fingerprint density at radius 1 is 1.47 bits per heavy atom. The number of H-pyrrole nitrogens is 1. The lowest BCUT2D eigenvalue weighted by Crippen LogP contribution is -2.22. The normalized spacial score (nSPS) is 11.0. The predicted molar refractivity (Wildman–Crippen MR) is 45.8 cm³/mol. The highest BCUT2D eigenvalue weighted by atomic mass is 19.4. The molecule has 0 bridgehead atoms. The zero-order chi connectivity index (χ0) is 13.2. The minimum atomic E-state index is -5.23. The molecule has 0 aliphatic carbocycles. The Kier molecular flexibility index (Phi) is 3.16. The number of aromatic amines is 1. The Balaban J connectivity index is 3.43. The first-order chi connectivity index (χ1) is 7.74. The molecule has 1 aromatic rings. The molecular formula is C7H3F3N2O5. The van der Waals surface area contributed by atoms with E-state index >= 15 is 0 Å². The van der Waals surface area contributed by atoms with Gasteiger partial charge in [-0.1, -0.05) is 0 Å². The van der Waals surface area contributed by atoms with Crippen LogP contribution in [-0.4, -0.2) is 22.6 Å². The molecule has 1 aromatic heterocycles. The number of nitrogens with zero attached hydrogens (tertiary/aromatic N) is 1. The van der Waals surface area contributed by atoms with Gasteiger partial charge in [-0.15, -0.1) is 13.2 Å². The number of aldehydes is 1. The van der Waals surface area contributed by atoms with Gasteiger partial charge in [0.1, 0.15) is 0 Å². The molecule has 0 aliphatic rings. The van der Waals surface area contributed by atoms with Crippen molar-refractivity contribution in [3.8, 4) is 5.88 Å². The molecule has 17 heavy (non-hydrogen) atoms. The lowest BCUT2D eigenvalue weighted by atomic mass is 10.3. The van der Waals surface area contributed by atoms with Crippen molar-refractivity contribution in [1.82, 2.24) is 4.98 Å². The summed E-state index contributed by atoms with van der Waals surface area (Å²) in [5.74, 6) is -1.43. The standard InChI is InChI=1S/C7H3F3N2O5/c8-7(9,10)17-6-5(12(15)16)4(14)1-3(2-13)11-6/h1-2H,(H,11,14). The maximum absolute atomic E-state index is 11.9. The van der Waals surface area contributed by atoms with Crippen LogP contribution >= 0.6 is 0 Å². The van der Waals surface area contributed by atoms with Gasteiger partial charge in [-0.05, 0) is 0 Å². The highest BCUT2D eigenvalue weighted by Gasteiger charge is 2.36. The third kappa shape index (κ3) is 3.03. The molecule has 1 rings (SSSR count).